The molecule has 0 fully saturated rings. The summed E-state index contributed by atoms with van der Waals surface area (Å²) in [6.45, 7) is 0. The number of carbonyl (C=O) groups excluding carboxylic acids is 1. The Balaban J connectivity index is 2.08. The molecule has 21 heavy (non-hydrogen) atoms. The zero-order valence-electron chi connectivity index (χ0n) is 11.2. The van der Waals surface area contributed by atoms with Gasteiger partial charge in [-0.1, -0.05) is 30.3 Å². The molecule has 0 spiro atoms. The van der Waals surface area contributed by atoms with Crippen LogP contribution < -0.4 is 0 Å². The molecular formula is C17H13NO3. The number of ketones is 1. The van der Waals surface area contributed by atoms with Crippen LogP contribution in [-0.4, -0.2) is 16.9 Å². The second-order valence-electron chi connectivity index (χ2n) is 4.58. The maximum atomic E-state index is 12.2. The molecule has 0 saturated carbocycles. The zero-order valence-corrected chi connectivity index (χ0v) is 11.2. The molecule has 0 radical (unpaired) electrons. The minimum absolute atomic E-state index is 0.0299. The third-order valence-corrected chi connectivity index (χ3v) is 3.18. The van der Waals surface area contributed by atoms with Crippen LogP contribution in [0.4, 0.5) is 0 Å². The summed E-state index contributed by atoms with van der Waals surface area (Å²) in [7, 11) is 0. The van der Waals surface area contributed by atoms with Crippen LogP contribution in [0.15, 0.2) is 48.5 Å². The smallest absolute Gasteiger partial charge is 0.336 e. The average Bonchev–Trinajstić information content (AvgIpc) is 2.53. The van der Waals surface area contributed by atoms with E-state index in [1.165, 1.54) is 12.1 Å². The number of aryl methyl sites for hydroxylation is 1. The number of Topliss-reactive ketones (excluding diaryl/α,β-unsaturated/α-hetero) is 1. The summed E-state index contributed by atoms with van der Waals surface area (Å²) in [6, 6.07) is 15.2. The van der Waals surface area contributed by atoms with Crippen molar-refractivity contribution >= 4 is 11.8 Å². The molecule has 2 rings (SSSR count). The van der Waals surface area contributed by atoms with Crippen LogP contribution >= 0.6 is 0 Å². The van der Waals surface area contributed by atoms with E-state index < -0.39 is 5.97 Å². The van der Waals surface area contributed by atoms with Gasteiger partial charge in [0.15, 0.2) is 5.78 Å². The summed E-state index contributed by atoms with van der Waals surface area (Å²) >= 11 is 0. The van der Waals surface area contributed by atoms with Gasteiger partial charge in [-0.25, -0.2) is 4.79 Å². The van der Waals surface area contributed by atoms with Crippen LogP contribution in [0.2, 0.25) is 0 Å². The molecule has 0 heterocycles. The Kier molecular flexibility index (Phi) is 4.47. The standard InChI is InChI=1S/C17H13NO3/c18-11-13-7-5-12(6-8-13)9-10-16(19)14-3-1-2-4-15(14)17(20)21/h1-8H,9-10H2,(H,20,21). The molecule has 104 valence electrons. The van der Waals surface area contributed by atoms with E-state index in [-0.39, 0.29) is 23.3 Å². The monoisotopic (exact) mass is 279 g/mol. The molecule has 0 aliphatic carbocycles. The van der Waals surface area contributed by atoms with E-state index in [4.69, 9.17) is 10.4 Å². The molecule has 2 aromatic carbocycles. The second kappa shape index (κ2) is 6.49. The van der Waals surface area contributed by atoms with Gasteiger partial charge >= 0.3 is 5.97 Å². The van der Waals surface area contributed by atoms with E-state index in [9.17, 15) is 9.59 Å². The summed E-state index contributed by atoms with van der Waals surface area (Å²) < 4.78 is 0. The van der Waals surface area contributed by atoms with Crippen molar-refractivity contribution in [3.63, 3.8) is 0 Å². The van der Waals surface area contributed by atoms with Gasteiger partial charge in [0.1, 0.15) is 0 Å². The lowest BCUT2D eigenvalue weighted by molar-refractivity contribution is 0.0691. The summed E-state index contributed by atoms with van der Waals surface area (Å²) in [4.78, 5) is 23.2. The molecule has 0 atom stereocenters. The summed E-state index contributed by atoms with van der Waals surface area (Å²) in [5.74, 6) is -1.30. The van der Waals surface area contributed by atoms with Crippen molar-refractivity contribution in [2.75, 3.05) is 0 Å². The summed E-state index contributed by atoms with van der Waals surface area (Å²) in [6.07, 6.45) is 0.745. The van der Waals surface area contributed by atoms with Crippen LogP contribution in [0.25, 0.3) is 0 Å². The van der Waals surface area contributed by atoms with Gasteiger partial charge in [-0.05, 0) is 30.2 Å². The average molecular weight is 279 g/mol. The largest absolute Gasteiger partial charge is 0.478 e. The van der Waals surface area contributed by atoms with Crippen molar-refractivity contribution in [3.05, 3.63) is 70.8 Å². The number of carbonyl (C=O) groups is 2. The molecule has 2 aromatic rings. The lowest BCUT2D eigenvalue weighted by atomic mass is 9.98. The second-order valence-corrected chi connectivity index (χ2v) is 4.58. The topological polar surface area (TPSA) is 78.2 Å². The van der Waals surface area contributed by atoms with Crippen LogP contribution in [-0.2, 0) is 6.42 Å². The quantitative estimate of drug-likeness (QED) is 0.853. The molecule has 0 aromatic heterocycles. The van der Waals surface area contributed by atoms with Crippen molar-refractivity contribution in [1.82, 2.24) is 0 Å². The van der Waals surface area contributed by atoms with Gasteiger partial charge in [0.25, 0.3) is 0 Å². The first-order chi connectivity index (χ1) is 10.1. The molecule has 4 heteroatoms. The maximum Gasteiger partial charge on any atom is 0.336 e. The summed E-state index contributed by atoms with van der Waals surface area (Å²) in [5, 5.41) is 17.8. The number of rotatable bonds is 5. The number of hydrogen-bond acceptors (Lipinski definition) is 3. The number of nitriles is 1. The summed E-state index contributed by atoms with van der Waals surface area (Å²) in [5.41, 5.74) is 1.78. The van der Waals surface area contributed by atoms with Crippen molar-refractivity contribution in [3.8, 4) is 6.07 Å². The zero-order chi connectivity index (χ0) is 15.2. The van der Waals surface area contributed by atoms with Crippen LogP contribution in [0, 0.1) is 11.3 Å². The Morgan fingerprint density at radius 3 is 2.19 bits per heavy atom. The van der Waals surface area contributed by atoms with Crippen molar-refractivity contribution < 1.29 is 14.7 Å². The number of aromatic carboxylic acids is 1. The Labute approximate surface area is 122 Å². The molecule has 0 aliphatic rings. The minimum Gasteiger partial charge on any atom is -0.478 e. The first kappa shape index (κ1) is 14.5. The molecular weight excluding hydrogens is 266 g/mol. The van der Waals surface area contributed by atoms with Gasteiger partial charge in [-0.3, -0.25) is 4.79 Å². The molecule has 0 amide bonds. The highest BCUT2D eigenvalue weighted by Gasteiger charge is 2.15. The normalized spacial score (nSPS) is 9.86. The lowest BCUT2D eigenvalue weighted by Gasteiger charge is -2.05. The number of hydrogen-bond donors (Lipinski definition) is 1. The molecule has 0 bridgehead atoms. The predicted octanol–water partition coefficient (Wildman–Crippen LogP) is 3.07. The molecule has 0 unspecified atom stereocenters. The SMILES string of the molecule is N#Cc1ccc(CCC(=O)c2ccccc2C(=O)O)cc1. The predicted molar refractivity (Wildman–Crippen MR) is 77.2 cm³/mol. The highest BCUT2D eigenvalue weighted by Crippen LogP contribution is 2.14. The number of carboxylic acid groups (broad SMARTS) is 1. The Morgan fingerprint density at radius 1 is 1.00 bits per heavy atom. The fraction of sp³-hybridized carbons (Fsp3) is 0.118. The minimum atomic E-state index is -1.10. The third-order valence-electron chi connectivity index (χ3n) is 3.18. The first-order valence-electron chi connectivity index (χ1n) is 6.46. The van der Waals surface area contributed by atoms with Crippen LogP contribution in [0.1, 0.15) is 38.3 Å². The van der Waals surface area contributed by atoms with Crippen molar-refractivity contribution in [2.24, 2.45) is 0 Å². The fourth-order valence-electron chi connectivity index (χ4n) is 2.05. The van der Waals surface area contributed by atoms with E-state index in [1.54, 1.807) is 36.4 Å². The molecule has 4 nitrogen and oxygen atoms in total. The van der Waals surface area contributed by atoms with E-state index in [0.29, 0.717) is 12.0 Å². The van der Waals surface area contributed by atoms with E-state index in [1.807, 2.05) is 6.07 Å². The lowest BCUT2D eigenvalue weighted by Crippen LogP contribution is -2.09. The highest BCUT2D eigenvalue weighted by molar-refractivity contribution is 6.05. The van der Waals surface area contributed by atoms with Gasteiger partial charge in [0, 0.05) is 12.0 Å². The third kappa shape index (κ3) is 3.54. The van der Waals surface area contributed by atoms with Crippen LogP contribution in [0.5, 0.6) is 0 Å². The van der Waals surface area contributed by atoms with Gasteiger partial charge < -0.3 is 5.11 Å². The Hall–Kier alpha value is -2.93. The van der Waals surface area contributed by atoms with Gasteiger partial charge in [-0.15, -0.1) is 0 Å². The first-order valence-corrected chi connectivity index (χ1v) is 6.46. The Bertz CT molecular complexity index is 712. The maximum absolute atomic E-state index is 12.2. The van der Waals surface area contributed by atoms with Crippen LogP contribution in [0.3, 0.4) is 0 Å². The van der Waals surface area contributed by atoms with Gasteiger partial charge in [0.05, 0.1) is 17.2 Å². The Morgan fingerprint density at radius 2 is 1.62 bits per heavy atom. The van der Waals surface area contributed by atoms with E-state index in [2.05, 4.69) is 0 Å². The molecule has 0 saturated heterocycles. The molecule has 0 aliphatic heterocycles. The fourth-order valence-corrected chi connectivity index (χ4v) is 2.05. The van der Waals surface area contributed by atoms with Gasteiger partial charge in [0.2, 0.25) is 0 Å². The van der Waals surface area contributed by atoms with E-state index in [0.717, 1.165) is 5.56 Å². The van der Waals surface area contributed by atoms with Crippen molar-refractivity contribution in [2.45, 2.75) is 12.8 Å². The van der Waals surface area contributed by atoms with E-state index >= 15 is 0 Å². The molecule has 1 N–H and O–H groups in total. The van der Waals surface area contributed by atoms with Crippen molar-refractivity contribution in [1.29, 1.82) is 5.26 Å². The number of carboxylic acids is 1. The number of benzene rings is 2. The number of nitrogens with zero attached hydrogens (tertiary/aromatic N) is 1. The highest BCUT2D eigenvalue weighted by atomic mass is 16.4. The van der Waals surface area contributed by atoms with Gasteiger partial charge in [-0.2, -0.15) is 5.26 Å².